The fourth-order valence-electron chi connectivity index (χ4n) is 1.42. The quantitative estimate of drug-likeness (QED) is 0.618. The Hall–Kier alpha value is -2.17. The first-order chi connectivity index (χ1) is 6.95. The molecule has 68 valence electrons. The first-order valence-electron chi connectivity index (χ1n) is 4.24. The lowest BCUT2D eigenvalue weighted by Crippen LogP contribution is -1.95. The number of H-pyrrole nitrogens is 1. The molecule has 1 N–H and O–H groups in total. The number of fused-ring (bicyclic) bond motifs is 1. The first kappa shape index (κ1) is 7.25. The molecule has 0 saturated carbocycles. The number of pyridine rings is 1. The summed E-state index contributed by atoms with van der Waals surface area (Å²) in [6.45, 7) is 0. The monoisotopic (exact) mass is 185 g/mol. The zero-order valence-corrected chi connectivity index (χ0v) is 7.25. The van der Waals surface area contributed by atoms with Crippen LogP contribution in [0.25, 0.3) is 16.9 Å². The van der Waals surface area contributed by atoms with Crippen molar-refractivity contribution < 1.29 is 0 Å². The molecule has 0 spiro atoms. The van der Waals surface area contributed by atoms with Crippen molar-refractivity contribution >= 4 is 11.0 Å². The summed E-state index contributed by atoms with van der Waals surface area (Å²) in [6.07, 6.45) is 5.18. The lowest BCUT2D eigenvalue weighted by atomic mass is 10.4. The molecule has 0 saturated heterocycles. The minimum Gasteiger partial charge on any atom is -0.261 e. The molecule has 3 rings (SSSR count). The molecule has 3 aromatic rings. The van der Waals surface area contributed by atoms with Crippen LogP contribution in [0, 0.1) is 0 Å². The first-order valence-corrected chi connectivity index (χ1v) is 4.24. The van der Waals surface area contributed by atoms with Gasteiger partial charge in [0.25, 0.3) is 0 Å². The highest BCUT2D eigenvalue weighted by atomic mass is 15.3. The lowest BCUT2D eigenvalue weighted by Gasteiger charge is -1.97. The summed E-state index contributed by atoms with van der Waals surface area (Å²) in [4.78, 5) is 4.19. The van der Waals surface area contributed by atoms with Crippen LogP contribution < -0.4 is 0 Å². The molecule has 0 aliphatic heterocycles. The van der Waals surface area contributed by atoms with Crippen LogP contribution in [0.2, 0.25) is 0 Å². The number of aromatic nitrogens is 5. The zero-order chi connectivity index (χ0) is 9.38. The predicted molar refractivity (Wildman–Crippen MR) is 51.0 cm³/mol. The van der Waals surface area contributed by atoms with E-state index >= 15 is 0 Å². The van der Waals surface area contributed by atoms with Gasteiger partial charge in [0.1, 0.15) is 11.3 Å². The molecule has 3 heterocycles. The average Bonchev–Trinajstić information content (AvgIpc) is 2.85. The van der Waals surface area contributed by atoms with Crippen LogP contribution in [-0.2, 0) is 0 Å². The molecule has 0 unspecified atom stereocenters. The van der Waals surface area contributed by atoms with E-state index in [2.05, 4.69) is 20.3 Å². The van der Waals surface area contributed by atoms with Crippen molar-refractivity contribution in [3.63, 3.8) is 0 Å². The predicted octanol–water partition coefficient (Wildman–Crippen LogP) is 1.14. The lowest BCUT2D eigenvalue weighted by molar-refractivity contribution is 0.861. The second-order valence-electron chi connectivity index (χ2n) is 2.91. The second kappa shape index (κ2) is 2.66. The van der Waals surface area contributed by atoms with Gasteiger partial charge in [0, 0.05) is 12.3 Å². The highest BCUT2D eigenvalue weighted by Crippen LogP contribution is 2.13. The molecule has 5 nitrogen and oxygen atoms in total. The van der Waals surface area contributed by atoms with Crippen molar-refractivity contribution in [2.75, 3.05) is 0 Å². The van der Waals surface area contributed by atoms with Crippen molar-refractivity contribution in [2.24, 2.45) is 0 Å². The third-order valence-electron chi connectivity index (χ3n) is 2.05. The van der Waals surface area contributed by atoms with E-state index in [-0.39, 0.29) is 0 Å². The maximum absolute atomic E-state index is 4.22. The van der Waals surface area contributed by atoms with E-state index in [1.54, 1.807) is 23.3 Å². The van der Waals surface area contributed by atoms with Crippen LogP contribution in [0.1, 0.15) is 0 Å². The Labute approximate surface area is 79.4 Å². The molecule has 0 fully saturated rings. The van der Waals surface area contributed by atoms with Gasteiger partial charge in [0.15, 0.2) is 0 Å². The Morgan fingerprint density at radius 2 is 2.21 bits per heavy atom. The van der Waals surface area contributed by atoms with Gasteiger partial charge in [-0.3, -0.25) is 10.1 Å². The van der Waals surface area contributed by atoms with E-state index in [0.717, 1.165) is 16.9 Å². The van der Waals surface area contributed by atoms with Crippen molar-refractivity contribution in [1.29, 1.82) is 0 Å². The van der Waals surface area contributed by atoms with Crippen LogP contribution in [0.4, 0.5) is 0 Å². The maximum Gasteiger partial charge on any atom is 0.150 e. The van der Waals surface area contributed by atoms with Gasteiger partial charge in [-0.1, -0.05) is 0 Å². The van der Waals surface area contributed by atoms with Gasteiger partial charge in [0.05, 0.1) is 17.9 Å². The molecule has 0 radical (unpaired) electrons. The summed E-state index contributed by atoms with van der Waals surface area (Å²) in [5.74, 6) is 0.841. The minimum atomic E-state index is 0.841. The smallest absolute Gasteiger partial charge is 0.150 e. The highest BCUT2D eigenvalue weighted by molar-refractivity contribution is 5.75. The SMILES string of the molecule is c1cnc2cnn(-c3ccn[nH]3)c2c1. The Balaban J connectivity index is 2.33. The van der Waals surface area contributed by atoms with Crippen LogP contribution >= 0.6 is 0 Å². The number of hydrogen-bond acceptors (Lipinski definition) is 3. The van der Waals surface area contributed by atoms with Gasteiger partial charge in [-0.15, -0.1) is 0 Å². The number of nitrogens with zero attached hydrogens (tertiary/aromatic N) is 4. The Kier molecular flexibility index (Phi) is 1.38. The van der Waals surface area contributed by atoms with Crippen LogP contribution in [0.5, 0.6) is 0 Å². The Morgan fingerprint density at radius 1 is 1.21 bits per heavy atom. The molecular formula is C9H7N5. The van der Waals surface area contributed by atoms with Gasteiger partial charge in [-0.25, -0.2) is 4.68 Å². The highest BCUT2D eigenvalue weighted by Gasteiger charge is 2.04. The van der Waals surface area contributed by atoms with Crippen molar-refractivity contribution in [2.45, 2.75) is 0 Å². The molecule has 3 aromatic heterocycles. The summed E-state index contributed by atoms with van der Waals surface area (Å²) >= 11 is 0. The molecule has 14 heavy (non-hydrogen) atoms. The van der Waals surface area contributed by atoms with Gasteiger partial charge >= 0.3 is 0 Å². The normalized spacial score (nSPS) is 10.9. The fraction of sp³-hybridized carbons (Fsp3) is 0. The molecule has 0 aromatic carbocycles. The molecule has 5 heteroatoms. The second-order valence-corrected chi connectivity index (χ2v) is 2.91. The average molecular weight is 185 g/mol. The minimum absolute atomic E-state index is 0.841. The standard InChI is InChI=1S/C9H7N5/c1-2-8-7(10-4-1)6-12-14(8)9-3-5-11-13-9/h1-6H,(H,11,13). The summed E-state index contributed by atoms with van der Waals surface area (Å²) in [5, 5.41) is 11.0. The van der Waals surface area contributed by atoms with E-state index in [4.69, 9.17) is 0 Å². The number of aromatic amines is 1. The topological polar surface area (TPSA) is 59.4 Å². The van der Waals surface area contributed by atoms with E-state index < -0.39 is 0 Å². The third kappa shape index (κ3) is 0.922. The van der Waals surface area contributed by atoms with E-state index in [1.807, 2.05) is 18.2 Å². The molecule has 0 aliphatic carbocycles. The van der Waals surface area contributed by atoms with Gasteiger partial charge in [-0.2, -0.15) is 10.2 Å². The summed E-state index contributed by atoms with van der Waals surface area (Å²) < 4.78 is 1.77. The molecule has 0 aliphatic rings. The van der Waals surface area contributed by atoms with Gasteiger partial charge in [-0.05, 0) is 12.1 Å². The van der Waals surface area contributed by atoms with Crippen molar-refractivity contribution in [3.05, 3.63) is 36.8 Å². The summed E-state index contributed by atoms with van der Waals surface area (Å²) in [5.41, 5.74) is 1.85. The van der Waals surface area contributed by atoms with Crippen molar-refractivity contribution in [3.8, 4) is 5.82 Å². The molecule has 0 amide bonds. The summed E-state index contributed by atoms with van der Waals surface area (Å²) in [7, 11) is 0. The van der Waals surface area contributed by atoms with E-state index in [1.165, 1.54) is 0 Å². The number of nitrogens with one attached hydrogen (secondary N) is 1. The maximum atomic E-state index is 4.22. The van der Waals surface area contributed by atoms with E-state index in [9.17, 15) is 0 Å². The van der Waals surface area contributed by atoms with Crippen LogP contribution in [0.3, 0.4) is 0 Å². The van der Waals surface area contributed by atoms with Crippen LogP contribution in [-0.4, -0.2) is 25.0 Å². The summed E-state index contributed by atoms with van der Waals surface area (Å²) in [6, 6.07) is 5.71. The zero-order valence-electron chi connectivity index (χ0n) is 7.25. The molecule has 0 atom stereocenters. The van der Waals surface area contributed by atoms with E-state index in [0.29, 0.717) is 0 Å². The largest absolute Gasteiger partial charge is 0.261 e. The number of rotatable bonds is 1. The van der Waals surface area contributed by atoms with Crippen LogP contribution in [0.15, 0.2) is 36.8 Å². The third-order valence-corrected chi connectivity index (χ3v) is 2.05. The fourth-order valence-corrected chi connectivity index (χ4v) is 1.42. The Morgan fingerprint density at radius 3 is 3.07 bits per heavy atom. The van der Waals surface area contributed by atoms with Crippen molar-refractivity contribution in [1.82, 2.24) is 25.0 Å². The number of hydrogen-bond donors (Lipinski definition) is 1. The Bertz CT molecular complexity index is 551. The van der Waals surface area contributed by atoms with Gasteiger partial charge < -0.3 is 0 Å². The molecular weight excluding hydrogens is 178 g/mol. The van der Waals surface area contributed by atoms with Gasteiger partial charge in [0.2, 0.25) is 0 Å². The molecule has 0 bridgehead atoms.